The molecule has 0 unspecified atom stereocenters. The molecule has 5 heteroatoms. The highest BCUT2D eigenvalue weighted by atomic mass is 28.4. The van der Waals surface area contributed by atoms with Gasteiger partial charge in [-0.05, 0) is 15.3 Å². The van der Waals surface area contributed by atoms with Gasteiger partial charge in [0.2, 0.25) is 0 Å². The van der Waals surface area contributed by atoms with Gasteiger partial charge >= 0.3 is 8.57 Å². The van der Waals surface area contributed by atoms with E-state index in [0.717, 1.165) is 0 Å². The summed E-state index contributed by atoms with van der Waals surface area (Å²) in [5.74, 6) is 0. The van der Waals surface area contributed by atoms with Crippen LogP contribution in [0.2, 0.25) is 20.2 Å². The summed E-state index contributed by atoms with van der Waals surface area (Å²) in [6.45, 7) is 25.9. The van der Waals surface area contributed by atoms with Gasteiger partial charge in [0.25, 0.3) is 0 Å². The van der Waals surface area contributed by atoms with Crippen LogP contribution < -0.4 is 15.4 Å². The zero-order valence-electron chi connectivity index (χ0n) is 19.8. The summed E-state index contributed by atoms with van der Waals surface area (Å²) in [5.41, 5.74) is 0. The van der Waals surface area contributed by atoms with Crippen LogP contribution in [0.25, 0.3) is 0 Å². The van der Waals surface area contributed by atoms with Crippen LogP contribution in [0.15, 0.2) is 30.3 Å². The molecular weight excluding hydrogens is 367 g/mol. The van der Waals surface area contributed by atoms with Crippen molar-refractivity contribution in [1.82, 2.24) is 10.2 Å². The van der Waals surface area contributed by atoms with Crippen molar-refractivity contribution in [3.05, 3.63) is 30.3 Å². The molecule has 1 aromatic carbocycles. The fraction of sp³-hybridized carbons (Fsp3) is 0.727. The van der Waals surface area contributed by atoms with Gasteiger partial charge in [-0.15, -0.1) is 0 Å². The largest absolute Gasteiger partial charge is 0.342 e. The summed E-state index contributed by atoms with van der Waals surface area (Å²) in [7, 11) is -5.79. The summed E-state index contributed by atoms with van der Waals surface area (Å²) in [6.07, 6.45) is 0. The molecule has 156 valence electrons. The molecule has 0 aliphatic carbocycles. The first-order valence-corrected chi connectivity index (χ1v) is 14.0. The summed E-state index contributed by atoms with van der Waals surface area (Å²) >= 11 is 0. The van der Waals surface area contributed by atoms with Gasteiger partial charge in [-0.25, -0.2) is 0 Å². The van der Waals surface area contributed by atoms with E-state index in [9.17, 15) is 0 Å². The molecule has 0 atom stereocenters. The monoisotopic (exact) mass is 410 g/mol. The van der Waals surface area contributed by atoms with Crippen molar-refractivity contribution >= 4 is 22.0 Å². The maximum atomic E-state index is 16.6. The minimum Gasteiger partial charge on any atom is -0.290 e. The van der Waals surface area contributed by atoms with E-state index in [1.54, 1.807) is 0 Å². The molecule has 0 aliphatic heterocycles. The Balaban J connectivity index is 3.60. The first kappa shape index (κ1) is 24.5. The highest BCUT2D eigenvalue weighted by Gasteiger charge is 2.60. The van der Waals surface area contributed by atoms with Crippen molar-refractivity contribution < 1.29 is 4.11 Å². The van der Waals surface area contributed by atoms with Crippen molar-refractivity contribution in [3.63, 3.8) is 0 Å². The molecule has 2 N–H and O–H groups in total. The van der Waals surface area contributed by atoms with Gasteiger partial charge in [0.15, 0.2) is 8.24 Å². The molecule has 0 saturated carbocycles. The summed E-state index contributed by atoms with van der Waals surface area (Å²) in [4.78, 5) is 0. The lowest BCUT2D eigenvalue weighted by atomic mass is 10.2. The number of hydrazine groups is 1. The molecule has 0 radical (unpaired) electrons. The second-order valence-corrected chi connectivity index (χ2v) is 21.9. The van der Waals surface area contributed by atoms with Crippen molar-refractivity contribution in [2.75, 3.05) is 0 Å². The number of halogens is 1. The molecule has 0 spiro atoms. The molecule has 0 aliphatic rings. The smallest absolute Gasteiger partial charge is 0.290 e. The fourth-order valence-electron chi connectivity index (χ4n) is 4.81. The van der Waals surface area contributed by atoms with Crippen LogP contribution in [-0.2, 0) is 0 Å². The maximum Gasteiger partial charge on any atom is 0.342 e. The van der Waals surface area contributed by atoms with Crippen LogP contribution in [0.4, 0.5) is 4.11 Å². The molecular formula is C22H43FN2Si2. The maximum absolute atomic E-state index is 16.6. The molecule has 1 rings (SSSR count). The number of hydrogen-bond acceptors (Lipinski definition) is 2. The Morgan fingerprint density at radius 3 is 1.26 bits per heavy atom. The first-order valence-electron chi connectivity index (χ1n) is 10.1. The zero-order valence-corrected chi connectivity index (χ0v) is 21.8. The number of benzene rings is 1. The minimum atomic E-state index is -3.38. The topological polar surface area (TPSA) is 24.1 Å². The van der Waals surface area contributed by atoms with Crippen LogP contribution in [0, 0.1) is 0 Å². The van der Waals surface area contributed by atoms with Crippen molar-refractivity contribution in [2.24, 2.45) is 0 Å². The standard InChI is InChI=1S/C22H43FN2Si2/c1-19(2,3)26(20(4,5)6,18-16-14-13-15-17-18)24-25-27(23,21(7,8)9)22(10,11)12/h13-17,24-25H,1-12H3. The SMILES string of the molecule is CC(C)(C)[Si](F)(NN[Si](c1ccccc1)(C(C)(C)C)C(C)(C)C)C(C)(C)C. The fourth-order valence-corrected chi connectivity index (χ4v) is 14.8. The van der Waals surface area contributed by atoms with Crippen molar-refractivity contribution in [2.45, 2.75) is 103 Å². The lowest BCUT2D eigenvalue weighted by Gasteiger charge is -2.55. The Morgan fingerprint density at radius 1 is 0.593 bits per heavy atom. The van der Waals surface area contributed by atoms with Gasteiger partial charge in [-0.1, -0.05) is 113 Å². The molecule has 0 heterocycles. The third-order valence-corrected chi connectivity index (χ3v) is 17.0. The Labute approximate surface area is 170 Å². The molecule has 27 heavy (non-hydrogen) atoms. The number of rotatable bonds is 4. The summed E-state index contributed by atoms with van der Waals surface area (Å²) in [5, 5.41) is 7.62. The Kier molecular flexibility index (Phi) is 6.72. The lowest BCUT2D eigenvalue weighted by Crippen LogP contribution is -2.79. The van der Waals surface area contributed by atoms with E-state index in [0.29, 0.717) is 0 Å². The Hall–Kier alpha value is -0.496. The van der Waals surface area contributed by atoms with E-state index in [4.69, 9.17) is 0 Å². The molecule has 0 aromatic heterocycles. The molecule has 0 bridgehead atoms. The molecule has 0 saturated heterocycles. The van der Waals surface area contributed by atoms with Crippen LogP contribution >= 0.6 is 0 Å². The number of nitrogens with one attached hydrogen (secondary N) is 2. The van der Waals surface area contributed by atoms with Crippen LogP contribution in [-0.4, -0.2) is 16.8 Å². The third kappa shape index (κ3) is 4.41. The predicted molar refractivity (Wildman–Crippen MR) is 124 cm³/mol. The quantitative estimate of drug-likeness (QED) is 0.334. The summed E-state index contributed by atoms with van der Waals surface area (Å²) in [6, 6.07) is 10.7. The van der Waals surface area contributed by atoms with Gasteiger partial charge in [-0.2, -0.15) is 0 Å². The van der Waals surface area contributed by atoms with Gasteiger partial charge < -0.3 is 0 Å². The Bertz CT molecular complexity index is 589. The second-order valence-electron chi connectivity index (χ2n) is 12.0. The van der Waals surface area contributed by atoms with Gasteiger partial charge in [-0.3, -0.25) is 14.3 Å². The lowest BCUT2D eigenvalue weighted by molar-refractivity contribution is 0.467. The van der Waals surface area contributed by atoms with Crippen LogP contribution in [0.3, 0.4) is 0 Å². The van der Waals surface area contributed by atoms with Crippen LogP contribution in [0.5, 0.6) is 0 Å². The van der Waals surface area contributed by atoms with Crippen molar-refractivity contribution in [3.8, 4) is 0 Å². The van der Waals surface area contributed by atoms with E-state index in [2.05, 4.69) is 82.1 Å². The van der Waals surface area contributed by atoms with Gasteiger partial charge in [0, 0.05) is 10.1 Å². The zero-order chi connectivity index (χ0) is 21.5. The van der Waals surface area contributed by atoms with Gasteiger partial charge in [0.05, 0.1) is 0 Å². The van der Waals surface area contributed by atoms with Crippen molar-refractivity contribution in [1.29, 1.82) is 0 Å². The average Bonchev–Trinajstić information content (AvgIpc) is 2.43. The minimum absolute atomic E-state index is 0.00924. The van der Waals surface area contributed by atoms with E-state index in [1.165, 1.54) is 5.19 Å². The van der Waals surface area contributed by atoms with Crippen LogP contribution in [0.1, 0.15) is 83.1 Å². The molecule has 0 amide bonds. The Morgan fingerprint density at radius 2 is 0.963 bits per heavy atom. The normalized spacial score (nSPS) is 15.1. The predicted octanol–water partition coefficient (Wildman–Crippen LogP) is 6.55. The molecule has 0 fully saturated rings. The first-order chi connectivity index (χ1) is 11.8. The van der Waals surface area contributed by atoms with E-state index >= 15 is 4.11 Å². The van der Waals surface area contributed by atoms with E-state index < -0.39 is 26.9 Å². The molecule has 2 nitrogen and oxygen atoms in total. The second kappa shape index (κ2) is 7.40. The molecule has 1 aromatic rings. The highest BCUT2D eigenvalue weighted by molar-refractivity contribution is 6.95. The third-order valence-electron chi connectivity index (χ3n) is 5.95. The average molecular weight is 411 g/mol. The summed E-state index contributed by atoms with van der Waals surface area (Å²) < 4.78 is 16.6. The van der Waals surface area contributed by atoms with Gasteiger partial charge in [0.1, 0.15) is 0 Å². The van der Waals surface area contributed by atoms with E-state index in [1.807, 2.05) is 41.5 Å². The van der Waals surface area contributed by atoms with E-state index in [-0.39, 0.29) is 10.1 Å². The highest BCUT2D eigenvalue weighted by Crippen LogP contribution is 2.52. The number of hydrogen-bond donors (Lipinski definition) is 2.